The molecule has 7 heteroatoms. The van der Waals surface area contributed by atoms with Gasteiger partial charge in [0.05, 0.1) is 18.4 Å². The molecule has 0 radical (unpaired) electrons. The first-order valence-corrected chi connectivity index (χ1v) is 13.9. The predicted molar refractivity (Wildman–Crippen MR) is 138 cm³/mol. The van der Waals surface area contributed by atoms with E-state index in [4.69, 9.17) is 4.84 Å². The topological polar surface area (TPSA) is 94.4 Å². The number of likely N-dealkylation sites (N-methyl/N-ethyl adjacent to an activating group) is 1. The van der Waals surface area contributed by atoms with E-state index in [1.54, 1.807) is 0 Å². The van der Waals surface area contributed by atoms with E-state index < -0.39 is 6.09 Å². The van der Waals surface area contributed by atoms with Crippen LogP contribution in [0.5, 0.6) is 0 Å². The van der Waals surface area contributed by atoms with Gasteiger partial charge in [-0.15, -0.1) is 0 Å². The monoisotopic (exact) mass is 489 g/mol. The van der Waals surface area contributed by atoms with Crippen molar-refractivity contribution in [3.05, 3.63) is 11.6 Å². The Kier molecular flexibility index (Phi) is 8.29. The third-order valence-electron chi connectivity index (χ3n) is 10.3. The maximum atomic E-state index is 12.6. The summed E-state index contributed by atoms with van der Waals surface area (Å²) in [6.07, 6.45) is 10.6. The molecule has 0 aromatic carbocycles. The van der Waals surface area contributed by atoms with Gasteiger partial charge in [0, 0.05) is 25.6 Å². The summed E-state index contributed by atoms with van der Waals surface area (Å²) in [5, 5.41) is 27.1. The van der Waals surface area contributed by atoms with Crippen molar-refractivity contribution in [3.63, 3.8) is 0 Å². The Labute approximate surface area is 211 Å². The summed E-state index contributed by atoms with van der Waals surface area (Å²) in [5.74, 6) is 2.41. The number of amides is 1. The zero-order valence-corrected chi connectivity index (χ0v) is 22.3. The number of oxime groups is 1. The number of allylic oxidation sites excluding steroid dienone is 1. The van der Waals surface area contributed by atoms with Gasteiger partial charge < -0.3 is 20.4 Å². The van der Waals surface area contributed by atoms with Crippen molar-refractivity contribution in [2.75, 3.05) is 32.8 Å². The van der Waals surface area contributed by atoms with Crippen molar-refractivity contribution in [1.82, 2.24) is 10.2 Å². The van der Waals surface area contributed by atoms with Gasteiger partial charge in [-0.25, -0.2) is 4.79 Å². The van der Waals surface area contributed by atoms with Crippen LogP contribution in [0.3, 0.4) is 0 Å². The Morgan fingerprint density at radius 3 is 2.74 bits per heavy atom. The van der Waals surface area contributed by atoms with E-state index in [9.17, 15) is 15.0 Å². The van der Waals surface area contributed by atoms with Crippen LogP contribution in [-0.2, 0) is 4.84 Å². The lowest BCUT2D eigenvalue weighted by Gasteiger charge is -2.58. The molecule has 7 atom stereocenters. The molecule has 3 fully saturated rings. The van der Waals surface area contributed by atoms with Crippen molar-refractivity contribution in [2.24, 2.45) is 39.7 Å². The van der Waals surface area contributed by atoms with Crippen LogP contribution in [0.1, 0.15) is 79.1 Å². The summed E-state index contributed by atoms with van der Waals surface area (Å²) in [6, 6.07) is 0. The molecule has 198 valence electrons. The molecule has 0 aromatic rings. The summed E-state index contributed by atoms with van der Waals surface area (Å²) >= 11 is 0. The predicted octanol–water partition coefficient (Wildman–Crippen LogP) is 4.34. The van der Waals surface area contributed by atoms with E-state index in [0.29, 0.717) is 36.8 Å². The number of hydrogen-bond donors (Lipinski definition) is 3. The standard InChI is InChI=1S/C28H47N3O4/c1-5-29-14-15-31(16-17-32)26(34)35-30-19(2)23-8-9-24-22-7-6-20-18-21(33)10-12-27(20,3)25(22)11-13-28(23,24)4/h6,21-25,29,32-33H,5,7-18H2,1-4H3/b30-19+/t21-,22-,23+,24-,25-,27-,28+/m0/s1. The Morgan fingerprint density at radius 1 is 1.20 bits per heavy atom. The highest BCUT2D eigenvalue weighted by molar-refractivity contribution is 5.85. The van der Waals surface area contributed by atoms with E-state index in [1.165, 1.54) is 29.7 Å². The lowest BCUT2D eigenvalue weighted by molar-refractivity contribution is -0.0426. The van der Waals surface area contributed by atoms with Crippen LogP contribution in [0.25, 0.3) is 0 Å². The minimum Gasteiger partial charge on any atom is -0.395 e. The van der Waals surface area contributed by atoms with Crippen molar-refractivity contribution in [2.45, 2.75) is 85.2 Å². The summed E-state index contributed by atoms with van der Waals surface area (Å²) < 4.78 is 0. The third-order valence-corrected chi connectivity index (χ3v) is 10.3. The molecular formula is C28H47N3O4. The molecule has 3 N–H and O–H groups in total. The molecule has 1 amide bonds. The molecule has 0 saturated heterocycles. The van der Waals surface area contributed by atoms with Crippen molar-refractivity contribution >= 4 is 11.8 Å². The zero-order chi connectivity index (χ0) is 25.2. The SMILES string of the molecule is CCNCCN(CCO)C(=O)O/N=C(\C)[C@H]1CC[C@H]2[C@@H]3CC=C4C[C@@H](O)CC[C@]4(C)[C@H]3CC[C@]12C. The normalized spacial score (nSPS) is 38.7. The third kappa shape index (κ3) is 5.05. The number of hydrogen-bond acceptors (Lipinski definition) is 6. The minimum absolute atomic E-state index is 0.0944. The van der Waals surface area contributed by atoms with Gasteiger partial charge >= 0.3 is 6.09 Å². The molecule has 4 rings (SSSR count). The molecular weight excluding hydrogens is 442 g/mol. The Morgan fingerprint density at radius 2 is 2.00 bits per heavy atom. The summed E-state index contributed by atoms with van der Waals surface area (Å²) in [5.41, 5.74) is 2.88. The average Bonchev–Trinajstić information content (AvgIpc) is 3.19. The molecule has 7 nitrogen and oxygen atoms in total. The van der Waals surface area contributed by atoms with Crippen LogP contribution in [-0.4, -0.2) is 65.8 Å². The molecule has 4 aliphatic carbocycles. The molecule has 0 aliphatic heterocycles. The Balaban J connectivity index is 1.43. The zero-order valence-electron chi connectivity index (χ0n) is 22.3. The Hall–Kier alpha value is -1.44. The van der Waals surface area contributed by atoms with Gasteiger partial charge in [-0.3, -0.25) is 4.84 Å². The maximum absolute atomic E-state index is 12.6. The number of rotatable bonds is 8. The molecule has 4 aliphatic rings. The van der Waals surface area contributed by atoms with Crippen molar-refractivity contribution in [1.29, 1.82) is 0 Å². The molecule has 0 bridgehead atoms. The molecule has 3 saturated carbocycles. The average molecular weight is 490 g/mol. The highest BCUT2D eigenvalue weighted by atomic mass is 16.7. The summed E-state index contributed by atoms with van der Waals surface area (Å²) in [6.45, 7) is 11.1. The first kappa shape index (κ1) is 26.6. The van der Waals surface area contributed by atoms with Gasteiger partial charge in [-0.2, -0.15) is 0 Å². The fourth-order valence-corrected chi connectivity index (χ4v) is 8.37. The second kappa shape index (κ2) is 10.9. The number of aliphatic hydroxyl groups excluding tert-OH is 2. The van der Waals surface area contributed by atoms with E-state index in [1.807, 2.05) is 13.8 Å². The van der Waals surface area contributed by atoms with E-state index >= 15 is 0 Å². The van der Waals surface area contributed by atoms with Gasteiger partial charge in [0.25, 0.3) is 0 Å². The lowest BCUT2D eigenvalue weighted by atomic mass is 9.47. The number of nitrogens with one attached hydrogen (secondary N) is 1. The lowest BCUT2D eigenvalue weighted by Crippen LogP contribution is -2.50. The van der Waals surface area contributed by atoms with Crippen LogP contribution < -0.4 is 5.32 Å². The largest absolute Gasteiger partial charge is 0.436 e. The quantitative estimate of drug-likeness (QED) is 0.155. The Bertz CT molecular complexity index is 829. The van der Waals surface area contributed by atoms with Crippen LogP contribution in [0.4, 0.5) is 4.79 Å². The van der Waals surface area contributed by atoms with Crippen LogP contribution in [0, 0.1) is 34.5 Å². The van der Waals surface area contributed by atoms with Gasteiger partial charge in [0.1, 0.15) is 0 Å². The van der Waals surface area contributed by atoms with Crippen molar-refractivity contribution < 1.29 is 19.8 Å². The minimum atomic E-state index is -0.489. The van der Waals surface area contributed by atoms with Gasteiger partial charge in [-0.05, 0) is 93.4 Å². The molecule has 35 heavy (non-hydrogen) atoms. The summed E-state index contributed by atoms with van der Waals surface area (Å²) in [7, 11) is 0. The van der Waals surface area contributed by atoms with Crippen molar-refractivity contribution in [3.8, 4) is 0 Å². The number of carbonyl (C=O) groups is 1. The molecule has 0 aromatic heterocycles. The molecule has 0 heterocycles. The van der Waals surface area contributed by atoms with E-state index in [-0.39, 0.29) is 30.1 Å². The van der Waals surface area contributed by atoms with Gasteiger partial charge in [0.15, 0.2) is 0 Å². The number of nitrogens with zero attached hydrogens (tertiary/aromatic N) is 2. The van der Waals surface area contributed by atoms with Gasteiger partial charge in [0.2, 0.25) is 0 Å². The van der Waals surface area contributed by atoms with Crippen LogP contribution in [0.15, 0.2) is 16.8 Å². The number of carbonyl (C=O) groups excluding carboxylic acids is 1. The van der Waals surface area contributed by atoms with Crippen LogP contribution >= 0.6 is 0 Å². The second-order valence-electron chi connectivity index (χ2n) is 12.0. The first-order valence-electron chi connectivity index (χ1n) is 13.9. The maximum Gasteiger partial charge on any atom is 0.436 e. The highest BCUT2D eigenvalue weighted by Crippen LogP contribution is 2.66. The smallest absolute Gasteiger partial charge is 0.395 e. The second-order valence-corrected chi connectivity index (χ2v) is 12.0. The van der Waals surface area contributed by atoms with E-state index in [0.717, 1.165) is 44.4 Å². The number of fused-ring (bicyclic) bond motifs is 5. The number of aliphatic hydroxyl groups is 2. The van der Waals surface area contributed by atoms with Gasteiger partial charge in [-0.1, -0.05) is 37.6 Å². The fraction of sp³-hybridized carbons (Fsp3) is 0.857. The van der Waals surface area contributed by atoms with E-state index in [2.05, 4.69) is 30.4 Å². The molecule has 0 spiro atoms. The fourth-order valence-electron chi connectivity index (χ4n) is 8.37. The highest BCUT2D eigenvalue weighted by Gasteiger charge is 2.59. The molecule has 0 unspecified atom stereocenters. The summed E-state index contributed by atoms with van der Waals surface area (Å²) in [4.78, 5) is 19.5. The van der Waals surface area contributed by atoms with Crippen LogP contribution in [0.2, 0.25) is 0 Å². The first-order chi connectivity index (χ1) is 16.7.